The van der Waals surface area contributed by atoms with Gasteiger partial charge in [-0.15, -0.1) is 0 Å². The zero-order valence-corrected chi connectivity index (χ0v) is 12.4. The molecule has 5 heteroatoms. The van der Waals surface area contributed by atoms with Crippen molar-refractivity contribution in [1.29, 1.82) is 0 Å². The van der Waals surface area contributed by atoms with Gasteiger partial charge < -0.3 is 9.47 Å². The summed E-state index contributed by atoms with van der Waals surface area (Å²) in [6, 6.07) is 3.16. The van der Waals surface area contributed by atoms with E-state index >= 15 is 0 Å². The molecule has 0 bridgehead atoms. The zero-order valence-electron chi connectivity index (χ0n) is 10.9. The Bertz CT molecular complexity index is 488. The summed E-state index contributed by atoms with van der Waals surface area (Å²) in [6.07, 6.45) is 1.53. The van der Waals surface area contributed by atoms with E-state index in [2.05, 4.69) is 0 Å². The smallest absolute Gasteiger partial charge is 0.170 e. The molecule has 1 aromatic carbocycles. The largest absolute Gasteiger partial charge is 0.495 e. The van der Waals surface area contributed by atoms with Gasteiger partial charge in [-0.2, -0.15) is 0 Å². The van der Waals surface area contributed by atoms with E-state index in [1.807, 2.05) is 6.92 Å². The van der Waals surface area contributed by atoms with Gasteiger partial charge in [0, 0.05) is 18.2 Å². The third-order valence-electron chi connectivity index (χ3n) is 3.46. The Labute approximate surface area is 122 Å². The van der Waals surface area contributed by atoms with Crippen molar-refractivity contribution >= 4 is 29.0 Å². The minimum absolute atomic E-state index is 0.00102. The SMILES string of the molecule is CCC1OCCC1C(=O)c1cc(Cl)c(OC)cc1Cl. The highest BCUT2D eigenvalue weighted by molar-refractivity contribution is 6.37. The molecule has 0 spiro atoms. The molecule has 3 nitrogen and oxygen atoms in total. The molecule has 0 N–H and O–H groups in total. The Hall–Kier alpha value is -0.770. The van der Waals surface area contributed by atoms with E-state index in [4.69, 9.17) is 32.7 Å². The second kappa shape index (κ2) is 6.12. The molecule has 2 rings (SSSR count). The number of Topliss-reactive ketones (excluding diaryl/α,β-unsaturated/α-hetero) is 1. The molecule has 1 saturated heterocycles. The van der Waals surface area contributed by atoms with Crippen molar-refractivity contribution in [3.63, 3.8) is 0 Å². The first-order valence-electron chi connectivity index (χ1n) is 6.27. The van der Waals surface area contributed by atoms with Crippen LogP contribution in [-0.4, -0.2) is 25.6 Å². The predicted molar refractivity (Wildman–Crippen MR) is 75.5 cm³/mol. The molecule has 2 atom stereocenters. The number of hydrogen-bond acceptors (Lipinski definition) is 3. The molecule has 0 aromatic heterocycles. The Morgan fingerprint density at radius 1 is 1.42 bits per heavy atom. The quantitative estimate of drug-likeness (QED) is 0.789. The number of halogens is 2. The van der Waals surface area contributed by atoms with Crippen molar-refractivity contribution in [2.45, 2.75) is 25.9 Å². The van der Waals surface area contributed by atoms with Crippen molar-refractivity contribution < 1.29 is 14.3 Å². The summed E-state index contributed by atoms with van der Waals surface area (Å²) in [5, 5.41) is 0.759. The molecular weight excluding hydrogens is 287 g/mol. The second-order valence-electron chi connectivity index (χ2n) is 4.54. The fourth-order valence-electron chi connectivity index (χ4n) is 2.42. The average molecular weight is 303 g/mol. The van der Waals surface area contributed by atoms with Gasteiger partial charge in [-0.3, -0.25) is 4.79 Å². The second-order valence-corrected chi connectivity index (χ2v) is 5.36. The van der Waals surface area contributed by atoms with Crippen molar-refractivity contribution in [3.8, 4) is 5.75 Å². The lowest BCUT2D eigenvalue weighted by Crippen LogP contribution is -2.24. The van der Waals surface area contributed by atoms with E-state index in [1.165, 1.54) is 7.11 Å². The van der Waals surface area contributed by atoms with E-state index < -0.39 is 0 Å². The fraction of sp³-hybridized carbons (Fsp3) is 0.500. The van der Waals surface area contributed by atoms with Gasteiger partial charge in [0.15, 0.2) is 5.78 Å². The molecule has 2 unspecified atom stereocenters. The first-order valence-corrected chi connectivity index (χ1v) is 7.03. The molecule has 1 aliphatic rings. The highest BCUT2D eigenvalue weighted by Crippen LogP contribution is 2.35. The summed E-state index contributed by atoms with van der Waals surface area (Å²) in [7, 11) is 1.51. The van der Waals surface area contributed by atoms with E-state index in [9.17, 15) is 4.79 Å². The topological polar surface area (TPSA) is 35.5 Å². The van der Waals surface area contributed by atoms with Crippen LogP contribution >= 0.6 is 23.2 Å². The van der Waals surface area contributed by atoms with Crippen LogP contribution in [0.1, 0.15) is 30.1 Å². The number of methoxy groups -OCH3 is 1. The molecule has 0 saturated carbocycles. The number of ether oxygens (including phenoxy) is 2. The average Bonchev–Trinajstić information content (AvgIpc) is 2.88. The van der Waals surface area contributed by atoms with Crippen LogP contribution in [0.2, 0.25) is 10.0 Å². The van der Waals surface area contributed by atoms with Gasteiger partial charge in [-0.25, -0.2) is 0 Å². The summed E-state index contributed by atoms with van der Waals surface area (Å²) in [5.41, 5.74) is 0.446. The summed E-state index contributed by atoms with van der Waals surface area (Å²) >= 11 is 12.2. The van der Waals surface area contributed by atoms with Crippen LogP contribution in [0, 0.1) is 5.92 Å². The Balaban J connectivity index is 2.31. The minimum atomic E-state index is -0.132. The van der Waals surface area contributed by atoms with E-state index in [-0.39, 0.29) is 17.8 Å². The first kappa shape index (κ1) is 14.6. The molecular formula is C14H16Cl2O3. The highest BCUT2D eigenvalue weighted by Gasteiger charge is 2.34. The van der Waals surface area contributed by atoms with Gasteiger partial charge in [-0.1, -0.05) is 30.1 Å². The maximum absolute atomic E-state index is 12.5. The van der Waals surface area contributed by atoms with Gasteiger partial charge in [0.2, 0.25) is 0 Å². The molecule has 0 amide bonds. The van der Waals surface area contributed by atoms with Gasteiger partial charge in [0.05, 0.1) is 29.2 Å². The van der Waals surface area contributed by atoms with Crippen LogP contribution in [0.3, 0.4) is 0 Å². The number of benzene rings is 1. The standard InChI is InChI=1S/C14H16Cl2O3/c1-3-12-8(4-5-19-12)14(17)9-6-11(16)13(18-2)7-10(9)15/h6-8,12H,3-5H2,1-2H3. The Morgan fingerprint density at radius 2 is 2.16 bits per heavy atom. The third-order valence-corrected chi connectivity index (χ3v) is 4.06. The van der Waals surface area contributed by atoms with Crippen molar-refractivity contribution in [3.05, 3.63) is 27.7 Å². The normalized spacial score (nSPS) is 22.5. The number of carbonyl (C=O) groups is 1. The molecule has 1 heterocycles. The lowest BCUT2D eigenvalue weighted by Gasteiger charge is -2.17. The maximum Gasteiger partial charge on any atom is 0.170 e. The van der Waals surface area contributed by atoms with Crippen LogP contribution in [-0.2, 0) is 4.74 Å². The summed E-state index contributed by atoms with van der Waals surface area (Å²) in [5.74, 6) is 0.337. The molecule has 0 radical (unpaired) electrons. The molecule has 19 heavy (non-hydrogen) atoms. The van der Waals surface area contributed by atoms with Crippen LogP contribution in [0.5, 0.6) is 5.75 Å². The lowest BCUT2D eigenvalue weighted by molar-refractivity contribution is 0.0689. The lowest BCUT2D eigenvalue weighted by atomic mass is 9.90. The van der Waals surface area contributed by atoms with Crippen molar-refractivity contribution in [1.82, 2.24) is 0 Å². The molecule has 1 aromatic rings. The third kappa shape index (κ3) is 2.88. The monoisotopic (exact) mass is 302 g/mol. The first-order chi connectivity index (χ1) is 9.08. The summed E-state index contributed by atoms with van der Waals surface area (Å²) in [6.45, 7) is 2.63. The number of carbonyl (C=O) groups excluding carboxylic acids is 1. The van der Waals surface area contributed by atoms with Crippen LogP contribution in [0.15, 0.2) is 12.1 Å². The molecule has 1 fully saturated rings. The number of ketones is 1. The van der Waals surface area contributed by atoms with Crippen molar-refractivity contribution in [2.24, 2.45) is 5.92 Å². The number of rotatable bonds is 4. The Kier molecular flexibility index (Phi) is 4.71. The maximum atomic E-state index is 12.5. The predicted octanol–water partition coefficient (Wildman–Crippen LogP) is 4.00. The van der Waals surface area contributed by atoms with Crippen LogP contribution in [0.25, 0.3) is 0 Å². The number of hydrogen-bond donors (Lipinski definition) is 0. The molecule has 0 aliphatic carbocycles. The molecule has 1 aliphatic heterocycles. The van der Waals surface area contributed by atoms with Gasteiger partial charge in [-0.05, 0) is 18.9 Å². The van der Waals surface area contributed by atoms with Gasteiger partial charge >= 0.3 is 0 Å². The van der Waals surface area contributed by atoms with Crippen molar-refractivity contribution in [2.75, 3.05) is 13.7 Å². The highest BCUT2D eigenvalue weighted by atomic mass is 35.5. The molecule has 104 valence electrons. The summed E-state index contributed by atoms with van der Waals surface area (Å²) < 4.78 is 10.6. The van der Waals surface area contributed by atoms with E-state index in [0.29, 0.717) is 28.0 Å². The summed E-state index contributed by atoms with van der Waals surface area (Å²) in [4.78, 5) is 12.5. The van der Waals surface area contributed by atoms with Gasteiger partial charge in [0.25, 0.3) is 0 Å². The zero-order chi connectivity index (χ0) is 14.0. The minimum Gasteiger partial charge on any atom is -0.495 e. The van der Waals surface area contributed by atoms with E-state index in [0.717, 1.165) is 12.8 Å². The van der Waals surface area contributed by atoms with Crippen LogP contribution in [0.4, 0.5) is 0 Å². The van der Waals surface area contributed by atoms with Gasteiger partial charge in [0.1, 0.15) is 5.75 Å². The van der Waals surface area contributed by atoms with E-state index in [1.54, 1.807) is 12.1 Å². The van der Waals surface area contributed by atoms with Crippen LogP contribution < -0.4 is 4.74 Å². The fourth-order valence-corrected chi connectivity index (χ4v) is 2.91. The Morgan fingerprint density at radius 3 is 2.79 bits per heavy atom.